The molecule has 0 saturated carbocycles. The van der Waals surface area contributed by atoms with Crippen molar-refractivity contribution in [2.45, 2.75) is 13.0 Å². The molecule has 6 nitrogen and oxygen atoms in total. The number of esters is 1. The predicted octanol–water partition coefficient (Wildman–Crippen LogP) is 3.85. The maximum atomic E-state index is 13.1. The molecule has 0 bridgehead atoms. The van der Waals surface area contributed by atoms with Crippen LogP contribution in [0.15, 0.2) is 60.1 Å². The molecule has 0 atom stereocenters. The van der Waals surface area contributed by atoms with Crippen LogP contribution in [0, 0.1) is 5.82 Å². The number of nitrogens with one attached hydrogen (secondary N) is 1. The first kappa shape index (κ1) is 19.8. The number of carbonyl (C=O) groups excluding carboxylic acids is 2. The van der Waals surface area contributed by atoms with Gasteiger partial charge in [-0.05, 0) is 42.0 Å². The minimum atomic E-state index is -0.396. The molecule has 2 aromatic heterocycles. The molecule has 0 aliphatic heterocycles. The minimum absolute atomic E-state index is 0.122. The van der Waals surface area contributed by atoms with Gasteiger partial charge in [-0.3, -0.25) is 9.20 Å². The largest absolute Gasteiger partial charge is 0.465 e. The number of rotatable bonds is 6. The molecular formula is C22H18FN3O3S. The molecule has 0 radical (unpaired) electrons. The summed E-state index contributed by atoms with van der Waals surface area (Å²) < 4.78 is 19.7. The second kappa shape index (κ2) is 8.46. The van der Waals surface area contributed by atoms with E-state index in [0.29, 0.717) is 12.1 Å². The summed E-state index contributed by atoms with van der Waals surface area (Å²) in [5.41, 5.74) is 3.72. The summed E-state index contributed by atoms with van der Waals surface area (Å²) in [6.07, 6.45) is 2.06. The lowest BCUT2D eigenvalue weighted by Gasteiger charge is -2.06. The van der Waals surface area contributed by atoms with Gasteiger partial charge in [0, 0.05) is 29.4 Å². The van der Waals surface area contributed by atoms with Crippen molar-refractivity contribution in [1.82, 2.24) is 14.7 Å². The van der Waals surface area contributed by atoms with E-state index in [9.17, 15) is 14.0 Å². The molecule has 4 aromatic rings. The SMILES string of the molecule is COC(=O)c1ccc(CNC(=O)Cc2csc3nc(-c4ccc(F)cc4)cn23)cc1. The van der Waals surface area contributed by atoms with Crippen molar-refractivity contribution < 1.29 is 18.7 Å². The van der Waals surface area contributed by atoms with Crippen LogP contribution in [0.2, 0.25) is 0 Å². The number of carbonyl (C=O) groups is 2. The third kappa shape index (κ3) is 4.23. The monoisotopic (exact) mass is 423 g/mol. The first-order valence-electron chi connectivity index (χ1n) is 9.19. The molecule has 1 amide bonds. The lowest BCUT2D eigenvalue weighted by Crippen LogP contribution is -2.25. The zero-order chi connectivity index (χ0) is 21.1. The van der Waals surface area contributed by atoms with Gasteiger partial charge in [-0.25, -0.2) is 14.2 Å². The molecule has 0 aliphatic carbocycles. The predicted molar refractivity (Wildman–Crippen MR) is 112 cm³/mol. The number of benzene rings is 2. The standard InChI is InChI=1S/C22H18FN3O3S/c1-29-21(28)16-4-2-14(3-5-16)11-24-20(27)10-18-13-30-22-25-19(12-26(18)22)15-6-8-17(23)9-7-15/h2-9,12-13H,10-11H2,1H3,(H,24,27). The second-order valence-corrected chi connectivity index (χ2v) is 7.49. The van der Waals surface area contributed by atoms with Gasteiger partial charge in [-0.2, -0.15) is 0 Å². The van der Waals surface area contributed by atoms with Crippen LogP contribution in [0.5, 0.6) is 0 Å². The molecule has 2 aromatic carbocycles. The topological polar surface area (TPSA) is 72.7 Å². The van der Waals surface area contributed by atoms with Crippen LogP contribution in [-0.4, -0.2) is 28.4 Å². The van der Waals surface area contributed by atoms with Crippen molar-refractivity contribution >= 4 is 28.2 Å². The van der Waals surface area contributed by atoms with Crippen LogP contribution in [-0.2, 0) is 22.5 Å². The van der Waals surface area contributed by atoms with Gasteiger partial charge < -0.3 is 10.1 Å². The summed E-state index contributed by atoms with van der Waals surface area (Å²) in [7, 11) is 1.33. The average Bonchev–Trinajstić information content (AvgIpc) is 3.34. The summed E-state index contributed by atoms with van der Waals surface area (Å²) >= 11 is 1.45. The van der Waals surface area contributed by atoms with E-state index in [1.165, 1.54) is 30.6 Å². The van der Waals surface area contributed by atoms with Crippen molar-refractivity contribution in [2.75, 3.05) is 7.11 Å². The molecule has 8 heteroatoms. The third-order valence-electron chi connectivity index (χ3n) is 4.63. The molecule has 0 fully saturated rings. The molecule has 0 aliphatic rings. The number of fused-ring (bicyclic) bond motifs is 1. The van der Waals surface area contributed by atoms with Crippen LogP contribution >= 0.6 is 11.3 Å². The fourth-order valence-electron chi connectivity index (χ4n) is 3.02. The van der Waals surface area contributed by atoms with Crippen LogP contribution in [0.4, 0.5) is 4.39 Å². The third-order valence-corrected chi connectivity index (χ3v) is 5.52. The van der Waals surface area contributed by atoms with E-state index in [-0.39, 0.29) is 18.1 Å². The molecule has 30 heavy (non-hydrogen) atoms. The number of halogens is 1. The molecule has 0 unspecified atom stereocenters. The number of nitrogens with zero attached hydrogens (tertiary/aromatic N) is 2. The number of hydrogen-bond acceptors (Lipinski definition) is 5. The first-order chi connectivity index (χ1) is 14.5. The summed E-state index contributed by atoms with van der Waals surface area (Å²) in [4.78, 5) is 29.2. The summed E-state index contributed by atoms with van der Waals surface area (Å²) in [6.45, 7) is 0.359. The Bertz CT molecular complexity index is 1200. The quantitative estimate of drug-likeness (QED) is 0.478. The minimum Gasteiger partial charge on any atom is -0.465 e. The van der Waals surface area contributed by atoms with E-state index in [0.717, 1.165) is 27.5 Å². The fourth-order valence-corrected chi connectivity index (χ4v) is 3.89. The Balaban J connectivity index is 1.40. The van der Waals surface area contributed by atoms with Crippen molar-refractivity contribution in [2.24, 2.45) is 0 Å². The van der Waals surface area contributed by atoms with E-state index in [1.54, 1.807) is 36.4 Å². The zero-order valence-electron chi connectivity index (χ0n) is 16.1. The highest BCUT2D eigenvalue weighted by Crippen LogP contribution is 2.24. The maximum Gasteiger partial charge on any atom is 0.337 e. The van der Waals surface area contributed by atoms with E-state index in [1.807, 2.05) is 16.0 Å². The van der Waals surface area contributed by atoms with E-state index in [2.05, 4.69) is 15.0 Å². The van der Waals surface area contributed by atoms with Crippen LogP contribution in [0.3, 0.4) is 0 Å². The highest BCUT2D eigenvalue weighted by molar-refractivity contribution is 7.15. The zero-order valence-corrected chi connectivity index (χ0v) is 16.9. The average molecular weight is 423 g/mol. The Labute approximate surface area is 176 Å². The first-order valence-corrected chi connectivity index (χ1v) is 10.1. The number of amides is 1. The Morgan fingerprint density at radius 1 is 1.13 bits per heavy atom. The van der Waals surface area contributed by atoms with Gasteiger partial charge in [0.1, 0.15) is 5.82 Å². The number of methoxy groups -OCH3 is 1. The van der Waals surface area contributed by atoms with Crippen LogP contribution in [0.1, 0.15) is 21.6 Å². The number of hydrogen-bond donors (Lipinski definition) is 1. The highest BCUT2D eigenvalue weighted by Gasteiger charge is 2.13. The lowest BCUT2D eigenvalue weighted by atomic mass is 10.1. The Morgan fingerprint density at radius 3 is 2.57 bits per heavy atom. The fraction of sp³-hybridized carbons (Fsp3) is 0.136. The summed E-state index contributed by atoms with van der Waals surface area (Å²) in [6, 6.07) is 13.0. The maximum absolute atomic E-state index is 13.1. The van der Waals surface area contributed by atoms with Gasteiger partial charge in [-0.15, -0.1) is 11.3 Å². The number of thiazole rings is 1. The van der Waals surface area contributed by atoms with Gasteiger partial charge in [0.25, 0.3) is 0 Å². The van der Waals surface area contributed by atoms with Crippen molar-refractivity contribution in [1.29, 1.82) is 0 Å². The highest BCUT2D eigenvalue weighted by atomic mass is 32.1. The van der Waals surface area contributed by atoms with Crippen molar-refractivity contribution in [3.63, 3.8) is 0 Å². The van der Waals surface area contributed by atoms with Crippen molar-refractivity contribution in [3.05, 3.63) is 82.7 Å². The van der Waals surface area contributed by atoms with E-state index < -0.39 is 5.97 Å². The van der Waals surface area contributed by atoms with Gasteiger partial charge in [0.2, 0.25) is 5.91 Å². The molecule has 0 spiro atoms. The summed E-state index contributed by atoms with van der Waals surface area (Å²) in [5.74, 6) is -0.812. The Hall–Kier alpha value is -3.52. The number of imidazole rings is 1. The van der Waals surface area contributed by atoms with Gasteiger partial charge >= 0.3 is 5.97 Å². The van der Waals surface area contributed by atoms with E-state index >= 15 is 0 Å². The van der Waals surface area contributed by atoms with Crippen molar-refractivity contribution in [3.8, 4) is 11.3 Å². The normalized spacial score (nSPS) is 10.9. The molecule has 2 heterocycles. The number of ether oxygens (including phenoxy) is 1. The molecule has 4 rings (SSSR count). The van der Waals surface area contributed by atoms with E-state index in [4.69, 9.17) is 0 Å². The Morgan fingerprint density at radius 2 is 1.87 bits per heavy atom. The van der Waals surface area contributed by atoms with Gasteiger partial charge in [0.05, 0.1) is 24.8 Å². The lowest BCUT2D eigenvalue weighted by molar-refractivity contribution is -0.120. The molecule has 1 N–H and O–H groups in total. The Kier molecular flexibility index (Phi) is 5.58. The smallest absolute Gasteiger partial charge is 0.337 e. The van der Waals surface area contributed by atoms with Crippen LogP contribution in [0.25, 0.3) is 16.2 Å². The molecular weight excluding hydrogens is 405 g/mol. The number of aromatic nitrogens is 2. The molecule has 0 saturated heterocycles. The summed E-state index contributed by atoms with van der Waals surface area (Å²) in [5, 5.41) is 4.79. The van der Waals surface area contributed by atoms with Gasteiger partial charge in [0.15, 0.2) is 4.96 Å². The molecule has 152 valence electrons. The second-order valence-electron chi connectivity index (χ2n) is 6.65. The van der Waals surface area contributed by atoms with Crippen LogP contribution < -0.4 is 5.32 Å². The van der Waals surface area contributed by atoms with Gasteiger partial charge in [-0.1, -0.05) is 12.1 Å².